The van der Waals surface area contributed by atoms with Crippen molar-refractivity contribution in [2.45, 2.75) is 0 Å². The number of phenols is 1. The molecule has 0 radical (unpaired) electrons. The Kier molecular flexibility index (Phi) is 4.59. The zero-order chi connectivity index (χ0) is 12.8. The van der Waals surface area contributed by atoms with E-state index >= 15 is 0 Å². The molecule has 92 valence electrons. The van der Waals surface area contributed by atoms with Crippen LogP contribution in [0.5, 0.6) is 5.75 Å². The molecule has 5 N–H and O–H groups in total. The predicted octanol–water partition coefficient (Wildman–Crippen LogP) is 0.444. The van der Waals surface area contributed by atoms with E-state index in [2.05, 4.69) is 10.6 Å². The minimum atomic E-state index is -0.662. The van der Waals surface area contributed by atoms with Gasteiger partial charge in [0, 0.05) is 18.1 Å². The molecule has 0 aliphatic heterocycles. The normalized spacial score (nSPS) is 9.71. The first kappa shape index (κ1) is 13.1. The molecule has 0 aromatic heterocycles. The summed E-state index contributed by atoms with van der Waals surface area (Å²) >= 11 is 5.70. The number of urea groups is 1. The largest absolute Gasteiger partial charge is 0.507 e. The molecule has 0 saturated carbocycles. The Hall–Kier alpha value is -1.95. The molecular weight excluding hydrogens is 246 g/mol. The Morgan fingerprint density at radius 3 is 2.59 bits per heavy atom. The van der Waals surface area contributed by atoms with E-state index in [-0.39, 0.29) is 24.4 Å². The molecule has 6 nitrogen and oxygen atoms in total. The maximum Gasteiger partial charge on any atom is 0.312 e. The van der Waals surface area contributed by atoms with E-state index in [4.69, 9.17) is 17.3 Å². The van der Waals surface area contributed by atoms with Crippen LogP contribution in [0.1, 0.15) is 10.4 Å². The number of primary amides is 1. The van der Waals surface area contributed by atoms with Crippen molar-refractivity contribution in [3.05, 3.63) is 28.8 Å². The number of hydrogen-bond donors (Lipinski definition) is 4. The van der Waals surface area contributed by atoms with Gasteiger partial charge in [0.1, 0.15) is 5.75 Å². The van der Waals surface area contributed by atoms with Gasteiger partial charge < -0.3 is 21.5 Å². The monoisotopic (exact) mass is 257 g/mol. The minimum Gasteiger partial charge on any atom is -0.507 e. The van der Waals surface area contributed by atoms with Crippen LogP contribution in [-0.2, 0) is 0 Å². The molecule has 0 spiro atoms. The fourth-order valence-electron chi connectivity index (χ4n) is 1.15. The lowest BCUT2D eigenvalue weighted by atomic mass is 10.2. The van der Waals surface area contributed by atoms with Gasteiger partial charge in [0.25, 0.3) is 5.91 Å². The smallest absolute Gasteiger partial charge is 0.312 e. The summed E-state index contributed by atoms with van der Waals surface area (Å²) in [5, 5.41) is 14.6. The number of rotatable bonds is 4. The van der Waals surface area contributed by atoms with Crippen molar-refractivity contribution in [1.29, 1.82) is 0 Å². The van der Waals surface area contributed by atoms with Crippen molar-refractivity contribution in [3.8, 4) is 5.75 Å². The van der Waals surface area contributed by atoms with Crippen LogP contribution in [0.2, 0.25) is 5.02 Å². The maximum absolute atomic E-state index is 11.6. The number of halogens is 1. The molecule has 0 atom stereocenters. The molecule has 0 aliphatic rings. The number of aromatic hydroxyl groups is 1. The summed E-state index contributed by atoms with van der Waals surface area (Å²) in [5.74, 6) is -0.633. The van der Waals surface area contributed by atoms with Crippen LogP contribution >= 0.6 is 11.6 Å². The lowest BCUT2D eigenvalue weighted by Crippen LogP contribution is -2.37. The quantitative estimate of drug-likeness (QED) is 0.589. The van der Waals surface area contributed by atoms with E-state index in [1.165, 1.54) is 18.2 Å². The van der Waals surface area contributed by atoms with E-state index in [1.54, 1.807) is 0 Å². The van der Waals surface area contributed by atoms with Gasteiger partial charge in [-0.1, -0.05) is 11.6 Å². The lowest BCUT2D eigenvalue weighted by molar-refractivity contribution is 0.0951. The molecular formula is C10H12ClN3O3. The van der Waals surface area contributed by atoms with Gasteiger partial charge in [-0.3, -0.25) is 4.79 Å². The highest BCUT2D eigenvalue weighted by Crippen LogP contribution is 2.20. The fourth-order valence-corrected chi connectivity index (χ4v) is 1.32. The third-order valence-electron chi connectivity index (χ3n) is 1.91. The summed E-state index contributed by atoms with van der Waals surface area (Å²) in [7, 11) is 0. The number of phenolic OH excluding ortho intramolecular Hbond substituents is 1. The van der Waals surface area contributed by atoms with Crippen molar-refractivity contribution in [3.63, 3.8) is 0 Å². The number of amides is 3. The maximum atomic E-state index is 11.6. The van der Waals surface area contributed by atoms with Gasteiger partial charge in [0.2, 0.25) is 0 Å². The second kappa shape index (κ2) is 5.95. The van der Waals surface area contributed by atoms with Crippen molar-refractivity contribution >= 4 is 23.5 Å². The Bertz CT molecular complexity index is 437. The molecule has 0 bridgehead atoms. The van der Waals surface area contributed by atoms with Crippen LogP contribution in [0, 0.1) is 0 Å². The summed E-state index contributed by atoms with van der Waals surface area (Å²) in [6.45, 7) is 0.413. The van der Waals surface area contributed by atoms with Gasteiger partial charge in [-0.15, -0.1) is 0 Å². The number of carbonyl (C=O) groups excluding carboxylic acids is 2. The average molecular weight is 258 g/mol. The van der Waals surface area contributed by atoms with E-state index in [0.29, 0.717) is 5.02 Å². The standard InChI is InChI=1S/C10H12ClN3O3/c11-6-1-2-8(15)7(5-6)9(16)13-3-4-14-10(12)17/h1-2,5,15H,3-4H2,(H,13,16)(H3,12,14,17). The van der Waals surface area contributed by atoms with E-state index in [0.717, 1.165) is 0 Å². The topological polar surface area (TPSA) is 104 Å². The van der Waals surface area contributed by atoms with Crippen LogP contribution < -0.4 is 16.4 Å². The van der Waals surface area contributed by atoms with Crippen LogP contribution in [0.3, 0.4) is 0 Å². The number of nitrogens with two attached hydrogens (primary N) is 1. The minimum absolute atomic E-state index is 0.0802. The average Bonchev–Trinajstić information content (AvgIpc) is 2.27. The van der Waals surface area contributed by atoms with Crippen molar-refractivity contribution < 1.29 is 14.7 Å². The molecule has 1 rings (SSSR count). The lowest BCUT2D eigenvalue weighted by Gasteiger charge is -2.07. The number of hydrogen-bond acceptors (Lipinski definition) is 3. The van der Waals surface area contributed by atoms with E-state index in [9.17, 15) is 14.7 Å². The summed E-state index contributed by atoms with van der Waals surface area (Å²) in [6.07, 6.45) is 0. The zero-order valence-corrected chi connectivity index (χ0v) is 9.62. The second-order valence-electron chi connectivity index (χ2n) is 3.21. The molecule has 3 amide bonds. The van der Waals surface area contributed by atoms with Crippen molar-refractivity contribution in [1.82, 2.24) is 10.6 Å². The van der Waals surface area contributed by atoms with Crippen molar-refractivity contribution in [2.75, 3.05) is 13.1 Å². The second-order valence-corrected chi connectivity index (χ2v) is 3.64. The van der Waals surface area contributed by atoms with Crippen LogP contribution in [-0.4, -0.2) is 30.1 Å². The number of nitrogens with one attached hydrogen (secondary N) is 2. The highest BCUT2D eigenvalue weighted by atomic mass is 35.5. The Morgan fingerprint density at radius 2 is 1.94 bits per heavy atom. The molecule has 7 heteroatoms. The Morgan fingerprint density at radius 1 is 1.29 bits per heavy atom. The highest BCUT2D eigenvalue weighted by molar-refractivity contribution is 6.31. The van der Waals surface area contributed by atoms with Gasteiger partial charge in [-0.05, 0) is 18.2 Å². The molecule has 1 aromatic rings. The predicted molar refractivity (Wildman–Crippen MR) is 63.0 cm³/mol. The molecule has 0 saturated heterocycles. The van der Waals surface area contributed by atoms with E-state index < -0.39 is 11.9 Å². The molecule has 1 aromatic carbocycles. The summed E-state index contributed by atoms with van der Waals surface area (Å²) in [6, 6.07) is 3.50. The molecule has 0 heterocycles. The SMILES string of the molecule is NC(=O)NCCNC(=O)c1cc(Cl)ccc1O. The third kappa shape index (κ3) is 4.20. The van der Waals surface area contributed by atoms with Gasteiger partial charge in [-0.25, -0.2) is 4.79 Å². The third-order valence-corrected chi connectivity index (χ3v) is 2.15. The first-order chi connectivity index (χ1) is 8.00. The van der Waals surface area contributed by atoms with Crippen LogP contribution in [0.25, 0.3) is 0 Å². The van der Waals surface area contributed by atoms with Gasteiger partial charge in [-0.2, -0.15) is 0 Å². The first-order valence-corrected chi connectivity index (χ1v) is 5.18. The molecule has 0 aliphatic carbocycles. The molecule has 0 unspecified atom stereocenters. The van der Waals surface area contributed by atoms with Gasteiger partial charge in [0.05, 0.1) is 5.56 Å². The number of benzene rings is 1. The van der Waals surface area contributed by atoms with Crippen molar-refractivity contribution in [2.24, 2.45) is 5.73 Å². The van der Waals surface area contributed by atoms with Crippen LogP contribution in [0.15, 0.2) is 18.2 Å². The molecule has 0 fully saturated rings. The highest BCUT2D eigenvalue weighted by Gasteiger charge is 2.10. The summed E-state index contributed by atoms with van der Waals surface area (Å²) in [4.78, 5) is 21.9. The van der Waals surface area contributed by atoms with Gasteiger partial charge in [0.15, 0.2) is 0 Å². The zero-order valence-electron chi connectivity index (χ0n) is 8.87. The Balaban J connectivity index is 2.52. The Labute approximate surface area is 103 Å². The van der Waals surface area contributed by atoms with Crippen LogP contribution in [0.4, 0.5) is 4.79 Å². The summed E-state index contributed by atoms with van der Waals surface area (Å²) < 4.78 is 0. The first-order valence-electron chi connectivity index (χ1n) is 4.80. The fraction of sp³-hybridized carbons (Fsp3) is 0.200. The van der Waals surface area contributed by atoms with Gasteiger partial charge >= 0.3 is 6.03 Å². The number of carbonyl (C=O) groups is 2. The van der Waals surface area contributed by atoms with E-state index in [1.807, 2.05) is 0 Å². The molecule has 17 heavy (non-hydrogen) atoms. The summed E-state index contributed by atoms with van der Waals surface area (Å²) in [5.41, 5.74) is 4.92.